The number of fused-ring (bicyclic) bond motifs is 1. The van der Waals surface area contributed by atoms with Gasteiger partial charge in [0.2, 0.25) is 0 Å². The molecule has 0 saturated heterocycles. The lowest BCUT2D eigenvalue weighted by Gasteiger charge is -1.96. The number of hydrogen-bond donors (Lipinski definition) is 1. The van der Waals surface area contributed by atoms with Gasteiger partial charge in [0.1, 0.15) is 5.52 Å². The zero-order chi connectivity index (χ0) is 7.84. The second-order valence-corrected chi connectivity index (χ2v) is 3.41. The molecule has 2 N–H and O–H groups in total. The van der Waals surface area contributed by atoms with E-state index >= 15 is 0 Å². The van der Waals surface area contributed by atoms with E-state index in [2.05, 4.69) is 27.7 Å². The van der Waals surface area contributed by atoms with Crippen LogP contribution in [-0.4, -0.2) is 9.61 Å². The van der Waals surface area contributed by atoms with Crippen LogP contribution in [0.2, 0.25) is 0 Å². The molecule has 2 aromatic heterocycles. The van der Waals surface area contributed by atoms with Gasteiger partial charge in [0, 0.05) is 6.20 Å². The predicted octanol–water partition coefficient (Wildman–Crippen LogP) is 1.52. The van der Waals surface area contributed by atoms with Gasteiger partial charge in [-0.25, -0.2) is 4.52 Å². The molecule has 0 unspecified atom stereocenters. The van der Waals surface area contributed by atoms with Gasteiger partial charge in [-0.2, -0.15) is 5.10 Å². The molecule has 3 nitrogen and oxygen atoms in total. The standard InChI is InChI=1S/C7H6IN3/c8-5-4-10-11-3-1-2-6(9)7(5)11/h1-4H,9H2. The molecule has 0 amide bonds. The van der Waals surface area contributed by atoms with E-state index in [4.69, 9.17) is 5.73 Å². The van der Waals surface area contributed by atoms with Crippen molar-refractivity contribution in [1.29, 1.82) is 0 Å². The Labute approximate surface area is 77.3 Å². The Balaban J connectivity index is 2.96. The minimum Gasteiger partial charge on any atom is -0.397 e. The molecule has 0 aliphatic heterocycles. The number of nitrogens with two attached hydrogens (primary N) is 1. The Morgan fingerprint density at radius 3 is 3.09 bits per heavy atom. The van der Waals surface area contributed by atoms with Crippen LogP contribution in [0.5, 0.6) is 0 Å². The molecule has 2 aromatic rings. The summed E-state index contributed by atoms with van der Waals surface area (Å²) in [6, 6.07) is 3.75. The van der Waals surface area contributed by atoms with Crippen molar-refractivity contribution in [3.63, 3.8) is 0 Å². The Morgan fingerprint density at radius 2 is 2.36 bits per heavy atom. The van der Waals surface area contributed by atoms with Crippen molar-refractivity contribution in [2.45, 2.75) is 0 Å². The van der Waals surface area contributed by atoms with E-state index in [-0.39, 0.29) is 0 Å². The summed E-state index contributed by atoms with van der Waals surface area (Å²) < 4.78 is 2.86. The lowest BCUT2D eigenvalue weighted by molar-refractivity contribution is 0.962. The van der Waals surface area contributed by atoms with E-state index in [1.807, 2.05) is 18.3 Å². The highest BCUT2D eigenvalue weighted by atomic mass is 127. The van der Waals surface area contributed by atoms with Crippen molar-refractivity contribution in [1.82, 2.24) is 9.61 Å². The van der Waals surface area contributed by atoms with Gasteiger partial charge in [0.05, 0.1) is 15.5 Å². The maximum Gasteiger partial charge on any atom is 0.102 e. The molecule has 0 fully saturated rings. The van der Waals surface area contributed by atoms with Crippen LogP contribution in [0.3, 0.4) is 0 Å². The van der Waals surface area contributed by atoms with Crippen LogP contribution >= 0.6 is 22.6 Å². The zero-order valence-electron chi connectivity index (χ0n) is 5.66. The molecule has 0 radical (unpaired) electrons. The number of aromatic nitrogens is 2. The van der Waals surface area contributed by atoms with Crippen molar-refractivity contribution in [3.8, 4) is 0 Å². The van der Waals surface area contributed by atoms with Crippen LogP contribution in [0.25, 0.3) is 5.52 Å². The molecule has 56 valence electrons. The van der Waals surface area contributed by atoms with Crippen molar-refractivity contribution in [3.05, 3.63) is 28.1 Å². The highest BCUT2D eigenvalue weighted by molar-refractivity contribution is 14.1. The first-order chi connectivity index (χ1) is 5.29. The van der Waals surface area contributed by atoms with E-state index < -0.39 is 0 Å². The van der Waals surface area contributed by atoms with Gasteiger partial charge >= 0.3 is 0 Å². The maximum absolute atomic E-state index is 5.74. The van der Waals surface area contributed by atoms with Gasteiger partial charge in [-0.1, -0.05) is 0 Å². The monoisotopic (exact) mass is 259 g/mol. The number of rotatable bonds is 0. The van der Waals surface area contributed by atoms with Gasteiger partial charge in [0.25, 0.3) is 0 Å². The van der Waals surface area contributed by atoms with Gasteiger partial charge < -0.3 is 5.73 Å². The molecule has 0 aliphatic carbocycles. The fourth-order valence-electron chi connectivity index (χ4n) is 1.03. The molecule has 2 rings (SSSR count). The lowest BCUT2D eigenvalue weighted by Crippen LogP contribution is -1.92. The third kappa shape index (κ3) is 0.973. The largest absolute Gasteiger partial charge is 0.397 e. The first kappa shape index (κ1) is 6.90. The summed E-state index contributed by atoms with van der Waals surface area (Å²) in [5.41, 5.74) is 7.50. The van der Waals surface area contributed by atoms with Gasteiger partial charge in [-0.3, -0.25) is 0 Å². The van der Waals surface area contributed by atoms with Gasteiger partial charge in [0.15, 0.2) is 0 Å². The second kappa shape index (κ2) is 2.37. The average molecular weight is 259 g/mol. The van der Waals surface area contributed by atoms with Crippen LogP contribution in [-0.2, 0) is 0 Å². The van der Waals surface area contributed by atoms with E-state index in [0.717, 1.165) is 14.8 Å². The highest BCUT2D eigenvalue weighted by Gasteiger charge is 2.01. The molecular weight excluding hydrogens is 253 g/mol. The summed E-state index contributed by atoms with van der Waals surface area (Å²) >= 11 is 2.22. The number of nitrogens with zero attached hydrogens (tertiary/aromatic N) is 2. The summed E-state index contributed by atoms with van der Waals surface area (Å²) in [5.74, 6) is 0. The summed E-state index contributed by atoms with van der Waals surface area (Å²) in [7, 11) is 0. The van der Waals surface area contributed by atoms with Gasteiger partial charge in [-0.15, -0.1) is 0 Å². The predicted molar refractivity (Wildman–Crippen MR) is 52.3 cm³/mol. The fourth-order valence-corrected chi connectivity index (χ4v) is 1.71. The Kier molecular flexibility index (Phi) is 1.49. The molecule has 0 bridgehead atoms. The summed E-state index contributed by atoms with van der Waals surface area (Å²) in [4.78, 5) is 0. The number of pyridine rings is 1. The van der Waals surface area contributed by atoms with E-state index in [9.17, 15) is 0 Å². The van der Waals surface area contributed by atoms with Crippen LogP contribution in [0.4, 0.5) is 5.69 Å². The lowest BCUT2D eigenvalue weighted by atomic mass is 10.3. The van der Waals surface area contributed by atoms with E-state index in [1.54, 1.807) is 10.7 Å². The van der Waals surface area contributed by atoms with Crippen LogP contribution in [0.15, 0.2) is 24.5 Å². The van der Waals surface area contributed by atoms with Crippen molar-refractivity contribution >= 4 is 33.8 Å². The molecule has 0 spiro atoms. The van der Waals surface area contributed by atoms with Gasteiger partial charge in [-0.05, 0) is 34.7 Å². The van der Waals surface area contributed by atoms with E-state index in [0.29, 0.717) is 0 Å². The van der Waals surface area contributed by atoms with E-state index in [1.165, 1.54) is 0 Å². The number of anilines is 1. The molecule has 0 atom stereocenters. The first-order valence-corrected chi connectivity index (χ1v) is 4.24. The fraction of sp³-hybridized carbons (Fsp3) is 0. The Morgan fingerprint density at radius 1 is 1.55 bits per heavy atom. The Bertz CT molecular complexity index is 393. The minimum atomic E-state index is 0.773. The van der Waals surface area contributed by atoms with Crippen LogP contribution in [0.1, 0.15) is 0 Å². The normalized spacial score (nSPS) is 10.6. The second-order valence-electron chi connectivity index (χ2n) is 2.25. The van der Waals surface area contributed by atoms with Crippen molar-refractivity contribution in [2.24, 2.45) is 0 Å². The van der Waals surface area contributed by atoms with Crippen LogP contribution in [0, 0.1) is 3.57 Å². The Hall–Kier alpha value is -0.780. The van der Waals surface area contributed by atoms with Crippen molar-refractivity contribution in [2.75, 3.05) is 5.73 Å². The van der Waals surface area contributed by atoms with Crippen LogP contribution < -0.4 is 5.73 Å². The summed E-state index contributed by atoms with van der Waals surface area (Å²) in [6.07, 6.45) is 3.68. The first-order valence-electron chi connectivity index (χ1n) is 3.16. The topological polar surface area (TPSA) is 43.3 Å². The number of hydrogen-bond acceptors (Lipinski definition) is 2. The third-order valence-corrected chi connectivity index (χ3v) is 2.32. The molecule has 0 saturated carbocycles. The minimum absolute atomic E-state index is 0.773. The molecular formula is C7H6IN3. The molecule has 2 heterocycles. The molecule has 0 aliphatic rings. The number of nitrogen functional groups attached to an aromatic ring is 1. The quantitative estimate of drug-likeness (QED) is 0.729. The molecule has 0 aromatic carbocycles. The zero-order valence-corrected chi connectivity index (χ0v) is 7.82. The SMILES string of the molecule is Nc1cccn2ncc(I)c12. The molecule has 4 heteroatoms. The summed E-state index contributed by atoms with van der Waals surface area (Å²) in [6.45, 7) is 0. The average Bonchev–Trinajstić information content (AvgIpc) is 2.34. The number of halogens is 1. The molecule has 11 heavy (non-hydrogen) atoms. The summed E-state index contributed by atoms with van der Waals surface area (Å²) in [5, 5.41) is 4.11. The van der Waals surface area contributed by atoms with Crippen molar-refractivity contribution < 1.29 is 0 Å². The smallest absolute Gasteiger partial charge is 0.102 e. The third-order valence-electron chi connectivity index (χ3n) is 1.53. The maximum atomic E-state index is 5.74. The highest BCUT2D eigenvalue weighted by Crippen LogP contribution is 2.18.